The van der Waals surface area contributed by atoms with Crippen LogP contribution in [0.15, 0.2) is 22.8 Å². The molecular weight excluding hydrogens is 296 g/mol. The van der Waals surface area contributed by atoms with Crippen LogP contribution in [-0.2, 0) is 16.1 Å². The van der Waals surface area contributed by atoms with E-state index < -0.39 is 5.60 Å². The SMILES string of the molecule is CN(CC1(O)CCCC1)C(=O)C1CC(=O)N(Cc2ccco2)C1. The molecule has 1 aliphatic carbocycles. The molecule has 1 aromatic heterocycles. The van der Waals surface area contributed by atoms with Crippen LogP contribution in [0.3, 0.4) is 0 Å². The van der Waals surface area contributed by atoms with E-state index >= 15 is 0 Å². The first-order valence-electron chi connectivity index (χ1n) is 8.24. The second-order valence-electron chi connectivity index (χ2n) is 6.88. The molecule has 3 rings (SSSR count). The molecule has 6 nitrogen and oxygen atoms in total. The van der Waals surface area contributed by atoms with Crippen molar-refractivity contribution in [2.75, 3.05) is 20.1 Å². The molecule has 23 heavy (non-hydrogen) atoms. The first-order chi connectivity index (χ1) is 11.0. The Bertz CT molecular complexity index is 563. The van der Waals surface area contributed by atoms with Gasteiger partial charge in [-0.05, 0) is 25.0 Å². The largest absolute Gasteiger partial charge is 0.467 e. The molecule has 1 N–H and O–H groups in total. The van der Waals surface area contributed by atoms with Gasteiger partial charge in [0.25, 0.3) is 0 Å². The number of likely N-dealkylation sites (N-methyl/N-ethyl adjacent to an activating group) is 1. The van der Waals surface area contributed by atoms with E-state index in [4.69, 9.17) is 4.42 Å². The average Bonchev–Trinajstić information content (AvgIpc) is 3.22. The molecule has 126 valence electrons. The van der Waals surface area contributed by atoms with Gasteiger partial charge >= 0.3 is 0 Å². The molecule has 2 fully saturated rings. The topological polar surface area (TPSA) is 74.0 Å². The van der Waals surface area contributed by atoms with Crippen LogP contribution in [0.2, 0.25) is 0 Å². The highest BCUT2D eigenvalue weighted by molar-refractivity contribution is 5.89. The second-order valence-corrected chi connectivity index (χ2v) is 6.88. The number of amides is 2. The summed E-state index contributed by atoms with van der Waals surface area (Å²) in [6.07, 6.45) is 5.34. The number of hydrogen-bond donors (Lipinski definition) is 1. The highest BCUT2D eigenvalue weighted by Crippen LogP contribution is 2.31. The van der Waals surface area contributed by atoms with Crippen LogP contribution in [0, 0.1) is 5.92 Å². The van der Waals surface area contributed by atoms with Gasteiger partial charge in [-0.15, -0.1) is 0 Å². The molecule has 1 aromatic rings. The predicted molar refractivity (Wildman–Crippen MR) is 83.3 cm³/mol. The maximum atomic E-state index is 12.6. The van der Waals surface area contributed by atoms with Crippen LogP contribution in [0.25, 0.3) is 0 Å². The Hall–Kier alpha value is -1.82. The zero-order valence-electron chi connectivity index (χ0n) is 13.5. The minimum atomic E-state index is -0.749. The third kappa shape index (κ3) is 3.58. The molecule has 6 heteroatoms. The quantitative estimate of drug-likeness (QED) is 0.890. The number of likely N-dealkylation sites (tertiary alicyclic amines) is 1. The summed E-state index contributed by atoms with van der Waals surface area (Å²) in [7, 11) is 1.72. The minimum Gasteiger partial charge on any atom is -0.467 e. The Kier molecular flexibility index (Phi) is 4.43. The number of carbonyl (C=O) groups excluding carboxylic acids is 2. The third-order valence-corrected chi connectivity index (χ3v) is 4.93. The van der Waals surface area contributed by atoms with Crippen molar-refractivity contribution in [2.45, 2.75) is 44.2 Å². The van der Waals surface area contributed by atoms with Crippen molar-refractivity contribution >= 4 is 11.8 Å². The summed E-state index contributed by atoms with van der Waals surface area (Å²) in [5.41, 5.74) is -0.749. The van der Waals surface area contributed by atoms with Crippen molar-refractivity contribution in [3.63, 3.8) is 0 Å². The number of rotatable bonds is 5. The molecule has 2 aliphatic rings. The van der Waals surface area contributed by atoms with Gasteiger partial charge in [-0.1, -0.05) is 12.8 Å². The van der Waals surface area contributed by atoms with Gasteiger partial charge in [0.15, 0.2) is 0 Å². The molecule has 0 aromatic carbocycles. The van der Waals surface area contributed by atoms with Gasteiger partial charge in [0.2, 0.25) is 11.8 Å². The maximum absolute atomic E-state index is 12.6. The Balaban J connectivity index is 1.56. The summed E-state index contributed by atoms with van der Waals surface area (Å²) >= 11 is 0. The minimum absolute atomic E-state index is 0.0206. The molecule has 2 amide bonds. The zero-order valence-corrected chi connectivity index (χ0v) is 13.5. The molecule has 0 radical (unpaired) electrons. The van der Waals surface area contributed by atoms with Crippen LogP contribution in [-0.4, -0.2) is 52.5 Å². The van der Waals surface area contributed by atoms with Crippen molar-refractivity contribution in [3.8, 4) is 0 Å². The van der Waals surface area contributed by atoms with Crippen molar-refractivity contribution in [1.82, 2.24) is 9.80 Å². The summed E-state index contributed by atoms with van der Waals surface area (Å²) in [5, 5.41) is 10.4. The monoisotopic (exact) mass is 320 g/mol. The highest BCUT2D eigenvalue weighted by atomic mass is 16.3. The van der Waals surface area contributed by atoms with E-state index in [0.717, 1.165) is 31.4 Å². The summed E-state index contributed by atoms with van der Waals surface area (Å²) in [4.78, 5) is 28.0. The summed E-state index contributed by atoms with van der Waals surface area (Å²) < 4.78 is 5.27. The van der Waals surface area contributed by atoms with E-state index in [9.17, 15) is 14.7 Å². The van der Waals surface area contributed by atoms with E-state index in [1.54, 1.807) is 29.2 Å². The lowest BCUT2D eigenvalue weighted by Crippen LogP contribution is -2.44. The number of nitrogens with zero attached hydrogens (tertiary/aromatic N) is 2. The number of carbonyl (C=O) groups is 2. The van der Waals surface area contributed by atoms with Crippen molar-refractivity contribution in [2.24, 2.45) is 5.92 Å². The highest BCUT2D eigenvalue weighted by Gasteiger charge is 2.39. The molecule has 1 saturated heterocycles. The van der Waals surface area contributed by atoms with Crippen molar-refractivity contribution in [1.29, 1.82) is 0 Å². The molecule has 0 spiro atoms. The fourth-order valence-electron chi connectivity index (χ4n) is 3.70. The average molecular weight is 320 g/mol. The van der Waals surface area contributed by atoms with E-state index in [-0.39, 0.29) is 24.2 Å². The molecule has 1 saturated carbocycles. The third-order valence-electron chi connectivity index (χ3n) is 4.93. The summed E-state index contributed by atoms with van der Waals surface area (Å²) in [6.45, 7) is 1.18. The van der Waals surface area contributed by atoms with E-state index in [0.29, 0.717) is 19.6 Å². The molecule has 2 heterocycles. The second kappa shape index (κ2) is 6.35. The first kappa shape index (κ1) is 16.1. The standard InChI is InChI=1S/C17H24N2O4/c1-18(12-17(22)6-2-3-7-17)16(21)13-9-15(20)19(10-13)11-14-5-4-8-23-14/h4-5,8,13,22H,2-3,6-7,9-12H2,1H3. The number of furan rings is 1. The van der Waals surface area contributed by atoms with Gasteiger partial charge in [0, 0.05) is 26.6 Å². The first-order valence-corrected chi connectivity index (χ1v) is 8.24. The number of hydrogen-bond acceptors (Lipinski definition) is 4. The van der Waals surface area contributed by atoms with Gasteiger partial charge in [0.1, 0.15) is 5.76 Å². The van der Waals surface area contributed by atoms with Crippen LogP contribution in [0.4, 0.5) is 0 Å². The summed E-state index contributed by atoms with van der Waals surface area (Å²) in [5.74, 6) is 0.320. The van der Waals surface area contributed by atoms with Gasteiger partial charge in [-0.3, -0.25) is 9.59 Å². The Labute approximate surface area is 136 Å². The Morgan fingerprint density at radius 3 is 2.87 bits per heavy atom. The Morgan fingerprint density at radius 2 is 2.22 bits per heavy atom. The summed E-state index contributed by atoms with van der Waals surface area (Å²) in [6, 6.07) is 3.61. The fraction of sp³-hybridized carbons (Fsp3) is 0.647. The lowest BCUT2D eigenvalue weighted by Gasteiger charge is -2.30. The molecular formula is C17H24N2O4. The van der Waals surface area contributed by atoms with Gasteiger partial charge in [-0.2, -0.15) is 0 Å². The maximum Gasteiger partial charge on any atom is 0.227 e. The van der Waals surface area contributed by atoms with E-state index in [1.807, 2.05) is 6.07 Å². The van der Waals surface area contributed by atoms with Crippen LogP contribution in [0.1, 0.15) is 37.9 Å². The van der Waals surface area contributed by atoms with Crippen molar-refractivity contribution < 1.29 is 19.1 Å². The lowest BCUT2D eigenvalue weighted by molar-refractivity contribution is -0.137. The van der Waals surface area contributed by atoms with Crippen LogP contribution in [0.5, 0.6) is 0 Å². The fourth-order valence-corrected chi connectivity index (χ4v) is 3.70. The Morgan fingerprint density at radius 1 is 1.48 bits per heavy atom. The van der Waals surface area contributed by atoms with E-state index in [2.05, 4.69) is 0 Å². The molecule has 1 unspecified atom stereocenters. The van der Waals surface area contributed by atoms with Gasteiger partial charge in [-0.25, -0.2) is 0 Å². The van der Waals surface area contributed by atoms with Crippen molar-refractivity contribution in [3.05, 3.63) is 24.2 Å². The molecule has 1 aliphatic heterocycles. The zero-order chi connectivity index (χ0) is 16.4. The van der Waals surface area contributed by atoms with E-state index in [1.165, 1.54) is 0 Å². The van der Waals surface area contributed by atoms with Crippen LogP contribution >= 0.6 is 0 Å². The van der Waals surface area contributed by atoms with Gasteiger partial charge < -0.3 is 19.3 Å². The van der Waals surface area contributed by atoms with Crippen LogP contribution < -0.4 is 0 Å². The number of aliphatic hydroxyl groups is 1. The predicted octanol–water partition coefficient (Wildman–Crippen LogP) is 1.39. The smallest absolute Gasteiger partial charge is 0.227 e. The molecule has 1 atom stereocenters. The lowest BCUT2D eigenvalue weighted by atomic mass is 10.0. The van der Waals surface area contributed by atoms with Gasteiger partial charge in [0.05, 0.1) is 24.3 Å². The normalized spacial score (nSPS) is 23.5. The molecule has 0 bridgehead atoms.